The molecule has 0 spiro atoms. The fourth-order valence-corrected chi connectivity index (χ4v) is 4.70. The van der Waals surface area contributed by atoms with Gasteiger partial charge < -0.3 is 19.9 Å². The summed E-state index contributed by atoms with van der Waals surface area (Å²) in [4.78, 5) is 26.7. The predicted molar refractivity (Wildman–Crippen MR) is 139 cm³/mol. The van der Waals surface area contributed by atoms with Gasteiger partial charge in [-0.05, 0) is 62.5 Å². The van der Waals surface area contributed by atoms with Crippen LogP contribution in [-0.4, -0.2) is 46.7 Å². The minimum absolute atomic E-state index is 0.262. The van der Waals surface area contributed by atoms with Crippen LogP contribution >= 0.6 is 0 Å². The summed E-state index contributed by atoms with van der Waals surface area (Å²) in [6.45, 7) is 7.73. The molecule has 2 aromatic rings. The van der Waals surface area contributed by atoms with Crippen LogP contribution in [0.15, 0.2) is 45.4 Å². The van der Waals surface area contributed by atoms with E-state index < -0.39 is 17.9 Å². The Labute approximate surface area is 218 Å². The number of nitrogens with zero attached hydrogens (tertiary/aromatic N) is 2. The second kappa shape index (κ2) is 13.9. The number of ether oxygens (including phenoxy) is 2. The number of allylic oxidation sites excluding steroid dienone is 2. The van der Waals surface area contributed by atoms with Crippen molar-refractivity contribution in [2.75, 3.05) is 13.2 Å². The highest BCUT2D eigenvalue weighted by atomic mass is 16.6. The normalized spacial score (nSPS) is 15.9. The number of rotatable bonds is 14. The molecular formula is C28H39N3O6. The SMILES string of the molecule is CC1=C(C(=O)OCCCCCCCCCCO)C(c2cccc3nonc23)C(C(=O)OC(C)C)=C(C)N1. The van der Waals surface area contributed by atoms with Gasteiger partial charge in [-0.3, -0.25) is 0 Å². The molecule has 202 valence electrons. The number of carbonyl (C=O) groups is 2. The summed E-state index contributed by atoms with van der Waals surface area (Å²) in [5, 5.41) is 20.0. The third-order valence-corrected chi connectivity index (χ3v) is 6.46. The zero-order chi connectivity index (χ0) is 26.8. The van der Waals surface area contributed by atoms with Gasteiger partial charge >= 0.3 is 11.9 Å². The number of dihydropyridines is 1. The van der Waals surface area contributed by atoms with Crippen molar-refractivity contribution >= 4 is 23.0 Å². The van der Waals surface area contributed by atoms with E-state index in [4.69, 9.17) is 19.2 Å². The molecule has 1 aromatic heterocycles. The van der Waals surface area contributed by atoms with Gasteiger partial charge in [0.1, 0.15) is 11.0 Å². The van der Waals surface area contributed by atoms with Crippen molar-refractivity contribution in [3.8, 4) is 0 Å². The molecule has 9 nitrogen and oxygen atoms in total. The Hall–Kier alpha value is -3.20. The van der Waals surface area contributed by atoms with E-state index in [1.54, 1.807) is 39.8 Å². The maximum Gasteiger partial charge on any atom is 0.337 e. The molecular weight excluding hydrogens is 474 g/mol. The zero-order valence-electron chi connectivity index (χ0n) is 22.3. The second-order valence-electron chi connectivity index (χ2n) is 9.76. The topological polar surface area (TPSA) is 124 Å². The van der Waals surface area contributed by atoms with Crippen molar-refractivity contribution in [1.82, 2.24) is 15.6 Å². The summed E-state index contributed by atoms with van der Waals surface area (Å²) in [6, 6.07) is 5.38. The molecule has 0 bridgehead atoms. The minimum atomic E-state index is -0.741. The highest BCUT2D eigenvalue weighted by Crippen LogP contribution is 2.41. The molecule has 0 radical (unpaired) electrons. The molecule has 0 aliphatic carbocycles. The van der Waals surface area contributed by atoms with E-state index >= 15 is 0 Å². The number of hydrogen-bond donors (Lipinski definition) is 2. The number of carbonyl (C=O) groups excluding carboxylic acids is 2. The van der Waals surface area contributed by atoms with Crippen LogP contribution in [0.4, 0.5) is 0 Å². The number of esters is 2. The summed E-state index contributed by atoms with van der Waals surface area (Å²) in [7, 11) is 0. The largest absolute Gasteiger partial charge is 0.462 e. The third-order valence-electron chi connectivity index (χ3n) is 6.46. The van der Waals surface area contributed by atoms with Crippen molar-refractivity contribution < 1.29 is 28.8 Å². The number of unbranched alkanes of at least 4 members (excludes halogenated alkanes) is 7. The lowest BCUT2D eigenvalue weighted by molar-refractivity contribution is -0.143. The van der Waals surface area contributed by atoms with Crippen LogP contribution in [0.1, 0.15) is 90.5 Å². The molecule has 1 atom stereocenters. The lowest BCUT2D eigenvalue weighted by Gasteiger charge is -2.30. The van der Waals surface area contributed by atoms with Crippen LogP contribution < -0.4 is 5.32 Å². The van der Waals surface area contributed by atoms with Gasteiger partial charge in [0.15, 0.2) is 0 Å². The van der Waals surface area contributed by atoms with Gasteiger partial charge in [0, 0.05) is 18.0 Å². The van der Waals surface area contributed by atoms with Crippen molar-refractivity contribution in [3.05, 3.63) is 46.3 Å². The fraction of sp³-hybridized carbons (Fsp3) is 0.571. The summed E-state index contributed by atoms with van der Waals surface area (Å²) in [5.74, 6) is -1.72. The van der Waals surface area contributed by atoms with Gasteiger partial charge in [-0.1, -0.05) is 50.7 Å². The molecule has 1 aliphatic heterocycles. The van der Waals surface area contributed by atoms with Crippen LogP contribution in [0.3, 0.4) is 0 Å². The van der Waals surface area contributed by atoms with Crippen LogP contribution in [0.25, 0.3) is 11.0 Å². The van der Waals surface area contributed by atoms with Crippen LogP contribution in [0, 0.1) is 0 Å². The maximum atomic E-state index is 13.4. The number of benzene rings is 1. The average molecular weight is 514 g/mol. The smallest absolute Gasteiger partial charge is 0.337 e. The standard InChI is InChI=1S/C28H39N3O6/c1-18(2)36-28(34)24-20(4)29-19(3)23(25(24)21-14-13-15-22-26(21)31-37-30-22)27(33)35-17-12-10-8-6-5-7-9-11-16-32/h13-15,18,25,29,32H,5-12,16-17H2,1-4H3. The van der Waals surface area contributed by atoms with E-state index in [0.29, 0.717) is 45.7 Å². The van der Waals surface area contributed by atoms with Gasteiger partial charge in [-0.2, -0.15) is 0 Å². The summed E-state index contributed by atoms with van der Waals surface area (Å²) in [5.41, 5.74) is 3.55. The van der Waals surface area contributed by atoms with Crippen molar-refractivity contribution in [3.63, 3.8) is 0 Å². The van der Waals surface area contributed by atoms with E-state index in [9.17, 15) is 9.59 Å². The number of hydrogen-bond acceptors (Lipinski definition) is 9. The third kappa shape index (κ3) is 7.41. The Morgan fingerprint density at radius 1 is 0.946 bits per heavy atom. The quantitative estimate of drug-likeness (QED) is 0.263. The highest BCUT2D eigenvalue weighted by molar-refractivity contribution is 6.01. The Morgan fingerprint density at radius 3 is 2.22 bits per heavy atom. The van der Waals surface area contributed by atoms with E-state index in [1.165, 1.54) is 0 Å². The van der Waals surface area contributed by atoms with Gasteiger partial charge in [0.05, 0.1) is 29.8 Å². The summed E-state index contributed by atoms with van der Waals surface area (Å²) >= 11 is 0. The highest BCUT2D eigenvalue weighted by Gasteiger charge is 2.39. The first-order chi connectivity index (χ1) is 17.8. The molecule has 37 heavy (non-hydrogen) atoms. The molecule has 2 heterocycles. The lowest BCUT2D eigenvalue weighted by atomic mass is 9.80. The van der Waals surface area contributed by atoms with Gasteiger partial charge in [0.2, 0.25) is 0 Å². The molecule has 3 rings (SSSR count). The zero-order valence-corrected chi connectivity index (χ0v) is 22.3. The molecule has 1 aliphatic rings. The molecule has 0 amide bonds. The van der Waals surface area contributed by atoms with Crippen molar-refractivity contribution in [2.45, 2.75) is 91.1 Å². The first kappa shape index (κ1) is 28.4. The molecule has 9 heteroatoms. The van der Waals surface area contributed by atoms with Crippen molar-refractivity contribution in [2.24, 2.45) is 0 Å². The number of aliphatic hydroxyl groups is 1. The van der Waals surface area contributed by atoms with E-state index in [-0.39, 0.29) is 12.7 Å². The van der Waals surface area contributed by atoms with Crippen molar-refractivity contribution in [1.29, 1.82) is 0 Å². The lowest BCUT2D eigenvalue weighted by Crippen LogP contribution is -2.33. The first-order valence-corrected chi connectivity index (χ1v) is 13.2. The summed E-state index contributed by atoms with van der Waals surface area (Å²) in [6.07, 6.45) is 7.87. The number of nitrogens with one attached hydrogen (secondary N) is 1. The second-order valence-corrected chi connectivity index (χ2v) is 9.76. The Morgan fingerprint density at radius 2 is 1.57 bits per heavy atom. The fourth-order valence-electron chi connectivity index (χ4n) is 4.70. The van der Waals surface area contributed by atoms with E-state index in [2.05, 4.69) is 15.6 Å². The molecule has 0 saturated heterocycles. The summed E-state index contributed by atoms with van der Waals surface area (Å²) < 4.78 is 16.2. The minimum Gasteiger partial charge on any atom is -0.462 e. The van der Waals surface area contributed by atoms with Crippen LogP contribution in [0.5, 0.6) is 0 Å². The number of aliphatic hydroxyl groups excluding tert-OH is 1. The monoisotopic (exact) mass is 513 g/mol. The molecule has 0 fully saturated rings. The van der Waals surface area contributed by atoms with Gasteiger partial charge in [-0.25, -0.2) is 14.2 Å². The Kier molecular flexibility index (Phi) is 10.7. The maximum absolute atomic E-state index is 13.4. The van der Waals surface area contributed by atoms with Gasteiger partial charge in [0.25, 0.3) is 0 Å². The van der Waals surface area contributed by atoms with E-state index in [0.717, 1.165) is 51.4 Å². The van der Waals surface area contributed by atoms with Gasteiger partial charge in [-0.15, -0.1) is 0 Å². The molecule has 0 saturated carbocycles. The van der Waals surface area contributed by atoms with E-state index in [1.807, 2.05) is 6.07 Å². The van der Waals surface area contributed by atoms with Crippen LogP contribution in [-0.2, 0) is 19.1 Å². The molecule has 1 unspecified atom stereocenters. The average Bonchev–Trinajstić information content (AvgIpc) is 3.33. The predicted octanol–water partition coefficient (Wildman–Crippen LogP) is 5.07. The first-order valence-electron chi connectivity index (χ1n) is 13.2. The van der Waals surface area contributed by atoms with Crippen LogP contribution in [0.2, 0.25) is 0 Å². The molecule has 1 aromatic carbocycles. The Bertz CT molecular complexity index is 1130. The number of aromatic nitrogens is 2. The number of fused-ring (bicyclic) bond motifs is 1. The Balaban J connectivity index is 1.75. The molecule has 2 N–H and O–H groups in total.